The molecule has 0 aliphatic carbocycles. The van der Waals surface area contributed by atoms with Gasteiger partial charge in [-0.2, -0.15) is 13.2 Å². The Bertz CT molecular complexity index is 662. The monoisotopic (exact) mass is 325 g/mol. The topological polar surface area (TPSA) is 22.1 Å². The van der Waals surface area contributed by atoms with Gasteiger partial charge in [0.1, 0.15) is 11.4 Å². The fourth-order valence-electron chi connectivity index (χ4n) is 1.68. The zero-order chi connectivity index (χ0) is 16.5. The molecule has 2 nitrogen and oxygen atoms in total. The molecule has 1 aromatic heterocycles. The minimum Gasteiger partial charge on any atom is -0.406 e. The van der Waals surface area contributed by atoms with E-state index in [0.29, 0.717) is 6.07 Å². The third-order valence-corrected chi connectivity index (χ3v) is 2.56. The normalized spacial score (nSPS) is 12.3. The van der Waals surface area contributed by atoms with Crippen LogP contribution in [0.1, 0.15) is 5.56 Å². The predicted octanol–water partition coefficient (Wildman–Crippen LogP) is 4.81. The minimum absolute atomic E-state index is 0.113. The number of pyridine rings is 1. The summed E-state index contributed by atoms with van der Waals surface area (Å²) in [5, 5.41) is 0. The lowest BCUT2D eigenvalue weighted by molar-refractivity contribution is -0.274. The molecule has 0 N–H and O–H groups in total. The quantitative estimate of drug-likeness (QED) is 0.740. The predicted molar refractivity (Wildman–Crippen MR) is 61.3 cm³/mol. The van der Waals surface area contributed by atoms with Crippen molar-refractivity contribution in [2.75, 3.05) is 0 Å². The molecule has 22 heavy (non-hydrogen) atoms. The van der Waals surface area contributed by atoms with Crippen LogP contribution in [-0.2, 0) is 6.18 Å². The molecule has 0 aliphatic heterocycles. The molecule has 0 amide bonds. The van der Waals surface area contributed by atoms with Crippen LogP contribution >= 0.6 is 0 Å². The first kappa shape index (κ1) is 16.1. The molecular formula is C13H6F7NO. The average Bonchev–Trinajstić information content (AvgIpc) is 2.37. The second-order valence-corrected chi connectivity index (χ2v) is 4.09. The van der Waals surface area contributed by atoms with Gasteiger partial charge >= 0.3 is 12.5 Å². The first-order chi connectivity index (χ1) is 10.1. The Kier molecular flexibility index (Phi) is 3.99. The van der Waals surface area contributed by atoms with Crippen molar-refractivity contribution in [3.63, 3.8) is 0 Å². The van der Waals surface area contributed by atoms with Crippen LogP contribution in [0.25, 0.3) is 11.3 Å². The Morgan fingerprint density at radius 1 is 0.864 bits per heavy atom. The summed E-state index contributed by atoms with van der Waals surface area (Å²) in [6.45, 7) is 0. The highest BCUT2D eigenvalue weighted by molar-refractivity contribution is 5.61. The number of alkyl halides is 6. The molecule has 118 valence electrons. The number of nitrogens with zero attached hydrogens (tertiary/aromatic N) is 1. The lowest BCUT2D eigenvalue weighted by atomic mass is 10.1. The van der Waals surface area contributed by atoms with E-state index in [1.165, 1.54) is 0 Å². The van der Waals surface area contributed by atoms with Crippen LogP contribution in [-0.4, -0.2) is 11.3 Å². The zero-order valence-corrected chi connectivity index (χ0v) is 10.5. The number of hydrogen-bond acceptors (Lipinski definition) is 2. The highest BCUT2D eigenvalue weighted by Crippen LogP contribution is 2.35. The number of aromatic nitrogens is 1. The van der Waals surface area contributed by atoms with E-state index in [1.807, 2.05) is 0 Å². The third kappa shape index (κ3) is 3.66. The van der Waals surface area contributed by atoms with E-state index < -0.39 is 35.4 Å². The number of rotatable bonds is 2. The van der Waals surface area contributed by atoms with Crippen molar-refractivity contribution in [2.45, 2.75) is 12.5 Å². The minimum atomic E-state index is -4.90. The van der Waals surface area contributed by atoms with E-state index in [1.54, 1.807) is 0 Å². The van der Waals surface area contributed by atoms with Crippen molar-refractivity contribution >= 4 is 0 Å². The van der Waals surface area contributed by atoms with Gasteiger partial charge in [-0.3, -0.25) is 4.98 Å². The standard InChI is InChI=1S/C13H6F7NO/c14-10-9(12(15,16)17)5-6-21-11(10)7-1-3-8(4-2-7)22-13(18,19)20/h1-6H. The molecule has 0 saturated carbocycles. The summed E-state index contributed by atoms with van der Waals surface area (Å²) in [5.41, 5.74) is -2.24. The van der Waals surface area contributed by atoms with Crippen LogP contribution in [0.4, 0.5) is 30.7 Å². The van der Waals surface area contributed by atoms with Crippen LogP contribution in [0.5, 0.6) is 5.75 Å². The first-order valence-corrected chi connectivity index (χ1v) is 5.66. The van der Waals surface area contributed by atoms with Gasteiger partial charge in [0.2, 0.25) is 0 Å². The molecule has 0 spiro atoms. The van der Waals surface area contributed by atoms with Crippen LogP contribution in [0, 0.1) is 5.82 Å². The van der Waals surface area contributed by atoms with E-state index >= 15 is 0 Å². The van der Waals surface area contributed by atoms with Gasteiger partial charge in [0.25, 0.3) is 0 Å². The fraction of sp³-hybridized carbons (Fsp3) is 0.154. The fourth-order valence-corrected chi connectivity index (χ4v) is 1.68. The Hall–Kier alpha value is -2.32. The summed E-state index contributed by atoms with van der Waals surface area (Å²) in [6, 6.07) is 4.13. The summed E-state index contributed by atoms with van der Waals surface area (Å²) in [7, 11) is 0. The maximum Gasteiger partial charge on any atom is 0.573 e. The Balaban J connectivity index is 2.37. The lowest BCUT2D eigenvalue weighted by Gasteiger charge is -2.11. The van der Waals surface area contributed by atoms with Gasteiger partial charge in [-0.05, 0) is 30.3 Å². The smallest absolute Gasteiger partial charge is 0.406 e. The number of hydrogen-bond donors (Lipinski definition) is 0. The Labute approximate surface area is 119 Å². The lowest BCUT2D eigenvalue weighted by Crippen LogP contribution is -2.17. The maximum atomic E-state index is 13.8. The second kappa shape index (κ2) is 5.47. The zero-order valence-electron chi connectivity index (χ0n) is 10.5. The Morgan fingerprint density at radius 2 is 1.45 bits per heavy atom. The van der Waals surface area contributed by atoms with E-state index in [0.717, 1.165) is 30.5 Å². The van der Waals surface area contributed by atoms with Gasteiger partial charge in [-0.15, -0.1) is 13.2 Å². The van der Waals surface area contributed by atoms with Gasteiger partial charge in [-0.25, -0.2) is 4.39 Å². The molecule has 2 rings (SSSR count). The summed E-state index contributed by atoms with van der Waals surface area (Å²) >= 11 is 0. The second-order valence-electron chi connectivity index (χ2n) is 4.09. The van der Waals surface area contributed by atoms with E-state index in [4.69, 9.17) is 0 Å². The summed E-state index contributed by atoms with van der Waals surface area (Å²) < 4.78 is 91.2. The van der Waals surface area contributed by atoms with Crippen molar-refractivity contribution in [1.29, 1.82) is 0 Å². The highest BCUT2D eigenvalue weighted by atomic mass is 19.4. The molecule has 0 unspecified atom stereocenters. The van der Waals surface area contributed by atoms with Gasteiger partial charge in [-0.1, -0.05) is 0 Å². The molecule has 2 aromatic rings. The SMILES string of the molecule is Fc1c(C(F)(F)F)ccnc1-c1ccc(OC(F)(F)F)cc1. The van der Waals surface area contributed by atoms with Gasteiger partial charge in [0.05, 0.1) is 5.56 Å². The summed E-state index contributed by atoms with van der Waals surface area (Å²) in [6.07, 6.45) is -9.04. The van der Waals surface area contributed by atoms with Crippen molar-refractivity contribution in [1.82, 2.24) is 4.98 Å². The molecule has 0 radical (unpaired) electrons. The van der Waals surface area contributed by atoms with Gasteiger partial charge < -0.3 is 4.74 Å². The molecule has 0 fully saturated rings. The molecule has 0 bridgehead atoms. The van der Waals surface area contributed by atoms with Crippen molar-refractivity contribution in [2.24, 2.45) is 0 Å². The van der Waals surface area contributed by atoms with E-state index in [-0.39, 0.29) is 5.56 Å². The maximum absolute atomic E-state index is 13.8. The molecule has 0 saturated heterocycles. The summed E-state index contributed by atoms with van der Waals surface area (Å²) in [5.74, 6) is -2.18. The van der Waals surface area contributed by atoms with Crippen molar-refractivity contribution in [3.8, 4) is 17.0 Å². The van der Waals surface area contributed by atoms with Crippen LogP contribution in [0.15, 0.2) is 36.5 Å². The molecule has 9 heteroatoms. The van der Waals surface area contributed by atoms with Crippen LogP contribution in [0.3, 0.4) is 0 Å². The van der Waals surface area contributed by atoms with E-state index in [2.05, 4.69) is 9.72 Å². The highest BCUT2D eigenvalue weighted by Gasteiger charge is 2.35. The van der Waals surface area contributed by atoms with E-state index in [9.17, 15) is 30.7 Å². The van der Waals surface area contributed by atoms with Crippen LogP contribution < -0.4 is 4.74 Å². The molecule has 0 atom stereocenters. The number of halogens is 7. The van der Waals surface area contributed by atoms with Crippen LogP contribution in [0.2, 0.25) is 0 Å². The number of benzene rings is 1. The third-order valence-electron chi connectivity index (χ3n) is 2.56. The van der Waals surface area contributed by atoms with Gasteiger partial charge in [0.15, 0.2) is 5.82 Å². The largest absolute Gasteiger partial charge is 0.573 e. The number of ether oxygens (including phenoxy) is 1. The molecular weight excluding hydrogens is 319 g/mol. The average molecular weight is 325 g/mol. The molecule has 1 heterocycles. The van der Waals surface area contributed by atoms with Gasteiger partial charge in [0, 0.05) is 11.8 Å². The molecule has 0 aliphatic rings. The van der Waals surface area contributed by atoms with Crippen molar-refractivity contribution in [3.05, 3.63) is 47.9 Å². The van der Waals surface area contributed by atoms with Crippen molar-refractivity contribution < 1.29 is 35.5 Å². The first-order valence-electron chi connectivity index (χ1n) is 5.66. The summed E-state index contributed by atoms with van der Waals surface area (Å²) in [4.78, 5) is 3.49. The molecule has 1 aromatic carbocycles. The Morgan fingerprint density at radius 3 is 1.95 bits per heavy atom.